The van der Waals surface area contributed by atoms with Crippen LogP contribution in [0.2, 0.25) is 0 Å². The van der Waals surface area contributed by atoms with Crippen LogP contribution in [0.5, 0.6) is 11.5 Å². The number of nitrogens with one attached hydrogen (secondary N) is 1. The number of nitrogens with zero attached hydrogens (tertiary/aromatic N) is 2. The van der Waals surface area contributed by atoms with E-state index in [0.29, 0.717) is 17.2 Å². The van der Waals surface area contributed by atoms with Crippen LogP contribution in [0.4, 0.5) is 10.5 Å². The predicted molar refractivity (Wildman–Crippen MR) is 100.0 cm³/mol. The Balaban J connectivity index is 1.59. The fourth-order valence-corrected chi connectivity index (χ4v) is 2.94. The Kier molecular flexibility index (Phi) is 4.33. The van der Waals surface area contributed by atoms with Gasteiger partial charge in [0.25, 0.3) is 5.91 Å². The Morgan fingerprint density at radius 2 is 1.93 bits per heavy atom. The molecule has 2 heterocycles. The first-order valence-corrected chi connectivity index (χ1v) is 8.42. The van der Waals surface area contributed by atoms with Crippen molar-refractivity contribution in [3.8, 4) is 11.5 Å². The predicted octanol–water partition coefficient (Wildman–Crippen LogP) is 2.88. The first-order chi connectivity index (χ1) is 13.2. The number of rotatable bonds is 5. The number of fused-ring (bicyclic) bond motifs is 1. The molecule has 2 aromatic carbocycles. The van der Waals surface area contributed by atoms with Crippen molar-refractivity contribution in [3.05, 3.63) is 60.3 Å². The lowest BCUT2D eigenvalue weighted by Gasteiger charge is -2.16. The summed E-state index contributed by atoms with van der Waals surface area (Å²) in [5.41, 5.74) is 2.08. The smallest absolute Gasteiger partial charge is 0.329 e. The molecule has 136 valence electrons. The number of carbonyl (C=O) groups is 2. The molecule has 3 aromatic rings. The zero-order valence-electron chi connectivity index (χ0n) is 14.6. The molecule has 3 amide bonds. The zero-order chi connectivity index (χ0) is 18.8. The molecule has 1 fully saturated rings. The topological polar surface area (TPSA) is 80.8 Å². The highest BCUT2D eigenvalue weighted by molar-refractivity contribution is 6.19. The van der Waals surface area contributed by atoms with E-state index in [1.807, 2.05) is 36.4 Å². The van der Waals surface area contributed by atoms with Gasteiger partial charge in [0.1, 0.15) is 6.61 Å². The van der Waals surface area contributed by atoms with Gasteiger partial charge < -0.3 is 14.8 Å². The van der Waals surface area contributed by atoms with Crippen LogP contribution in [0.1, 0.15) is 5.69 Å². The average Bonchev–Trinajstić information content (AvgIpc) is 3.04. The van der Waals surface area contributed by atoms with Gasteiger partial charge in [-0.25, -0.2) is 14.7 Å². The highest BCUT2D eigenvalue weighted by atomic mass is 16.5. The van der Waals surface area contributed by atoms with E-state index in [1.54, 1.807) is 18.2 Å². The lowest BCUT2D eigenvalue weighted by Crippen LogP contribution is -2.30. The van der Waals surface area contributed by atoms with E-state index in [1.165, 1.54) is 7.11 Å². The van der Waals surface area contributed by atoms with E-state index in [9.17, 15) is 9.59 Å². The quantitative estimate of drug-likeness (QED) is 0.705. The largest absolute Gasteiger partial charge is 0.493 e. The highest BCUT2D eigenvalue weighted by Gasteiger charge is 2.30. The number of anilines is 1. The van der Waals surface area contributed by atoms with Crippen LogP contribution in [0, 0.1) is 0 Å². The molecule has 7 nitrogen and oxygen atoms in total. The molecule has 1 aromatic heterocycles. The highest BCUT2D eigenvalue weighted by Crippen LogP contribution is 2.33. The summed E-state index contributed by atoms with van der Waals surface area (Å²) in [4.78, 5) is 29.4. The molecular formula is C20H17N3O4. The monoisotopic (exact) mass is 363 g/mol. The summed E-state index contributed by atoms with van der Waals surface area (Å²) in [7, 11) is 1.53. The van der Waals surface area contributed by atoms with Crippen molar-refractivity contribution in [2.75, 3.05) is 18.6 Å². The van der Waals surface area contributed by atoms with Crippen LogP contribution in [-0.2, 0) is 11.4 Å². The summed E-state index contributed by atoms with van der Waals surface area (Å²) < 4.78 is 11.2. The molecule has 0 saturated carbocycles. The van der Waals surface area contributed by atoms with Gasteiger partial charge in [-0.15, -0.1) is 0 Å². The Hall–Kier alpha value is -3.61. The summed E-state index contributed by atoms with van der Waals surface area (Å²) >= 11 is 0. The second-order valence-corrected chi connectivity index (χ2v) is 6.01. The standard InChI is InChI=1S/C20H17N3O4/c1-26-17-9-8-15(23-19(24)11-21-20(23)25)10-18(17)27-12-14-7-6-13-4-2-3-5-16(13)22-14/h2-10H,11-12H2,1H3,(H,21,25). The molecule has 1 aliphatic rings. The number of amides is 3. The number of urea groups is 1. The lowest BCUT2D eigenvalue weighted by atomic mass is 10.2. The van der Waals surface area contributed by atoms with Gasteiger partial charge in [0, 0.05) is 11.5 Å². The summed E-state index contributed by atoms with van der Waals surface area (Å²) in [6.07, 6.45) is 0. The molecule has 4 rings (SSSR count). The number of imide groups is 1. The van der Waals surface area contributed by atoms with Crippen LogP contribution in [-0.4, -0.2) is 30.6 Å². The maximum Gasteiger partial charge on any atom is 0.329 e. The first-order valence-electron chi connectivity index (χ1n) is 8.42. The third-order valence-electron chi connectivity index (χ3n) is 4.28. The minimum Gasteiger partial charge on any atom is -0.493 e. The molecule has 1 saturated heterocycles. The van der Waals surface area contributed by atoms with Crippen molar-refractivity contribution in [2.24, 2.45) is 0 Å². The number of benzene rings is 2. The van der Waals surface area contributed by atoms with Gasteiger partial charge in [-0.1, -0.05) is 24.3 Å². The van der Waals surface area contributed by atoms with Crippen molar-refractivity contribution < 1.29 is 19.1 Å². The second-order valence-electron chi connectivity index (χ2n) is 6.01. The maximum absolute atomic E-state index is 11.9. The number of hydrogen-bond donors (Lipinski definition) is 1. The van der Waals surface area contributed by atoms with E-state index in [4.69, 9.17) is 9.47 Å². The average molecular weight is 363 g/mol. The van der Waals surface area contributed by atoms with Gasteiger partial charge in [0.05, 0.1) is 30.6 Å². The molecule has 0 unspecified atom stereocenters. The Morgan fingerprint density at radius 1 is 1.07 bits per heavy atom. The van der Waals surface area contributed by atoms with Crippen LogP contribution < -0.4 is 19.7 Å². The summed E-state index contributed by atoms with van der Waals surface area (Å²) in [6.45, 7) is 0.215. The minimum atomic E-state index is -0.452. The van der Waals surface area contributed by atoms with Gasteiger partial charge in [-0.05, 0) is 24.3 Å². The first kappa shape index (κ1) is 16.8. The number of methoxy groups -OCH3 is 1. The maximum atomic E-state index is 11.9. The lowest BCUT2D eigenvalue weighted by molar-refractivity contribution is -0.115. The van der Waals surface area contributed by atoms with E-state index >= 15 is 0 Å². The van der Waals surface area contributed by atoms with Crippen LogP contribution in [0.3, 0.4) is 0 Å². The van der Waals surface area contributed by atoms with Crippen molar-refractivity contribution in [1.82, 2.24) is 10.3 Å². The third-order valence-corrected chi connectivity index (χ3v) is 4.28. The summed E-state index contributed by atoms with van der Waals surface area (Å²) in [5.74, 6) is 0.622. The fourth-order valence-electron chi connectivity index (χ4n) is 2.94. The van der Waals surface area contributed by atoms with Gasteiger partial charge in [0.15, 0.2) is 11.5 Å². The summed E-state index contributed by atoms with van der Waals surface area (Å²) in [6, 6.07) is 16.2. The Bertz CT molecular complexity index is 1020. The van der Waals surface area contributed by atoms with E-state index < -0.39 is 6.03 Å². The number of carbonyl (C=O) groups excluding carboxylic acids is 2. The van der Waals surface area contributed by atoms with Crippen molar-refractivity contribution in [3.63, 3.8) is 0 Å². The number of hydrogen-bond acceptors (Lipinski definition) is 5. The number of para-hydroxylation sites is 1. The van der Waals surface area contributed by atoms with Gasteiger partial charge in [-0.3, -0.25) is 4.79 Å². The van der Waals surface area contributed by atoms with E-state index in [0.717, 1.165) is 21.5 Å². The van der Waals surface area contributed by atoms with Crippen LogP contribution in [0.15, 0.2) is 54.6 Å². The SMILES string of the molecule is COc1ccc(N2C(=O)CNC2=O)cc1OCc1ccc2ccccc2n1. The van der Waals surface area contributed by atoms with Crippen LogP contribution in [0.25, 0.3) is 10.9 Å². The molecule has 0 bridgehead atoms. The van der Waals surface area contributed by atoms with E-state index in [2.05, 4.69) is 10.3 Å². The molecule has 1 aliphatic heterocycles. The van der Waals surface area contributed by atoms with Crippen molar-refractivity contribution in [2.45, 2.75) is 6.61 Å². The van der Waals surface area contributed by atoms with Crippen LogP contribution >= 0.6 is 0 Å². The minimum absolute atomic E-state index is 0.0118. The van der Waals surface area contributed by atoms with Crippen molar-refractivity contribution in [1.29, 1.82) is 0 Å². The Labute approximate surface area is 155 Å². The number of aromatic nitrogens is 1. The molecule has 0 aliphatic carbocycles. The molecule has 0 radical (unpaired) electrons. The molecular weight excluding hydrogens is 346 g/mol. The number of ether oxygens (including phenoxy) is 2. The van der Waals surface area contributed by atoms with Gasteiger partial charge >= 0.3 is 6.03 Å². The van der Waals surface area contributed by atoms with E-state index in [-0.39, 0.29) is 19.1 Å². The molecule has 7 heteroatoms. The molecule has 1 N–H and O–H groups in total. The molecule has 27 heavy (non-hydrogen) atoms. The summed E-state index contributed by atoms with van der Waals surface area (Å²) in [5, 5.41) is 3.55. The molecule has 0 spiro atoms. The fraction of sp³-hybridized carbons (Fsp3) is 0.150. The van der Waals surface area contributed by atoms with Gasteiger partial charge in [0.2, 0.25) is 0 Å². The normalized spacial score (nSPS) is 13.7. The second kappa shape index (κ2) is 6.95. The molecule has 0 atom stereocenters. The Morgan fingerprint density at radius 3 is 2.70 bits per heavy atom. The zero-order valence-corrected chi connectivity index (χ0v) is 14.6. The number of pyridine rings is 1. The third kappa shape index (κ3) is 3.27. The van der Waals surface area contributed by atoms with Crippen molar-refractivity contribution >= 4 is 28.5 Å². The van der Waals surface area contributed by atoms with Gasteiger partial charge in [-0.2, -0.15) is 0 Å².